The Bertz CT molecular complexity index is 1150. The summed E-state index contributed by atoms with van der Waals surface area (Å²) in [6, 6.07) is 11.7. The summed E-state index contributed by atoms with van der Waals surface area (Å²) < 4.78 is 16.7. The number of nitrogens with one attached hydrogen (secondary N) is 1. The normalized spacial score (nSPS) is 25.3. The molecule has 3 rings (SSSR count). The molecule has 1 heterocycles. The number of hydrogen-bond donors (Lipinski definition) is 5. The topological polar surface area (TPSA) is 159 Å². The highest BCUT2D eigenvalue weighted by molar-refractivity contribution is 5.97. The van der Waals surface area contributed by atoms with Gasteiger partial charge in [-0.15, -0.1) is 0 Å². The number of amides is 1. The number of carbonyl (C=O) groups is 2. The van der Waals surface area contributed by atoms with E-state index in [0.717, 1.165) is 5.56 Å². The first-order valence-electron chi connectivity index (χ1n) is 11.0. The van der Waals surface area contributed by atoms with Crippen molar-refractivity contribution in [2.75, 3.05) is 11.9 Å². The Morgan fingerprint density at radius 2 is 1.75 bits per heavy atom. The molecule has 1 fully saturated rings. The first-order valence-corrected chi connectivity index (χ1v) is 11.0. The summed E-state index contributed by atoms with van der Waals surface area (Å²) in [4.78, 5) is 28.2. The molecule has 2 aromatic rings. The van der Waals surface area contributed by atoms with E-state index in [2.05, 4.69) is 10.2 Å². The van der Waals surface area contributed by atoms with E-state index in [1.54, 1.807) is 43.3 Å². The van der Waals surface area contributed by atoms with Crippen LogP contribution in [0.3, 0.4) is 0 Å². The van der Waals surface area contributed by atoms with Crippen LogP contribution >= 0.6 is 0 Å². The standard InChI is InChI=1S/C25H28N2O9/c1-13-5-8-16(9-6-13)34-12-25(3,24(33)27-15-7-10-17(26-4)14(2)11-15)36-23-20(30)18(28)19(29)21(35-23)22(31)32/h5-11,18-21,23,28-30H,12H2,1-3H3,(H,27,33)(H,31,32)/t18?,19?,20?,21?,23?,25-/m0/s1. The lowest BCUT2D eigenvalue weighted by molar-refractivity contribution is -0.315. The molecule has 11 nitrogen and oxygen atoms in total. The molecule has 0 aliphatic carbocycles. The van der Waals surface area contributed by atoms with E-state index in [0.29, 0.717) is 22.7 Å². The number of anilines is 1. The number of hydrogen-bond acceptors (Lipinski definition) is 8. The summed E-state index contributed by atoms with van der Waals surface area (Å²) in [6.07, 6.45) is -9.36. The third-order valence-electron chi connectivity index (χ3n) is 5.78. The quantitative estimate of drug-likeness (QED) is 0.339. The van der Waals surface area contributed by atoms with Crippen LogP contribution in [0.2, 0.25) is 0 Å². The largest absolute Gasteiger partial charge is 0.490 e. The van der Waals surface area contributed by atoms with E-state index < -0.39 is 48.2 Å². The third kappa shape index (κ3) is 5.99. The Kier molecular flexibility index (Phi) is 8.29. The Balaban J connectivity index is 1.87. The number of aliphatic carboxylic acids is 1. The molecule has 36 heavy (non-hydrogen) atoms. The van der Waals surface area contributed by atoms with Crippen LogP contribution in [0.25, 0.3) is 4.85 Å². The minimum Gasteiger partial charge on any atom is -0.490 e. The molecule has 1 aliphatic rings. The summed E-state index contributed by atoms with van der Waals surface area (Å²) in [6.45, 7) is 11.7. The molecule has 0 bridgehead atoms. The minimum atomic E-state index is -1.91. The smallest absolute Gasteiger partial charge is 0.335 e. The average molecular weight is 501 g/mol. The van der Waals surface area contributed by atoms with Crippen molar-refractivity contribution < 1.29 is 44.2 Å². The molecule has 1 saturated heterocycles. The van der Waals surface area contributed by atoms with Crippen molar-refractivity contribution in [2.45, 2.75) is 57.1 Å². The van der Waals surface area contributed by atoms with E-state index in [1.165, 1.54) is 13.0 Å². The number of aliphatic hydroxyl groups is 3. The summed E-state index contributed by atoms with van der Waals surface area (Å²) in [7, 11) is 0. The zero-order valence-corrected chi connectivity index (χ0v) is 19.9. The van der Waals surface area contributed by atoms with Crippen LogP contribution in [-0.4, -0.2) is 75.2 Å². The minimum absolute atomic E-state index is 0.360. The molecule has 2 aromatic carbocycles. The Morgan fingerprint density at radius 3 is 2.33 bits per heavy atom. The third-order valence-corrected chi connectivity index (χ3v) is 5.78. The molecule has 0 saturated carbocycles. The number of carboxylic acids is 1. The molecule has 6 atom stereocenters. The van der Waals surface area contributed by atoms with Crippen LogP contribution in [0.5, 0.6) is 5.75 Å². The van der Waals surface area contributed by atoms with Crippen molar-refractivity contribution in [3.8, 4) is 5.75 Å². The van der Waals surface area contributed by atoms with Gasteiger partial charge in [-0.05, 0) is 50.6 Å². The van der Waals surface area contributed by atoms with E-state index in [1.807, 2.05) is 6.92 Å². The zero-order valence-electron chi connectivity index (χ0n) is 19.9. The van der Waals surface area contributed by atoms with Gasteiger partial charge in [-0.3, -0.25) is 4.79 Å². The molecule has 0 radical (unpaired) electrons. The number of rotatable bonds is 8. The van der Waals surface area contributed by atoms with Gasteiger partial charge < -0.3 is 40.0 Å². The predicted molar refractivity (Wildman–Crippen MR) is 127 cm³/mol. The summed E-state index contributed by atoms with van der Waals surface area (Å²) >= 11 is 0. The second-order valence-electron chi connectivity index (χ2n) is 8.75. The second-order valence-corrected chi connectivity index (χ2v) is 8.75. The lowest BCUT2D eigenvalue weighted by Gasteiger charge is -2.41. The van der Waals surface area contributed by atoms with Gasteiger partial charge in [0.05, 0.1) is 6.57 Å². The molecule has 192 valence electrons. The monoisotopic (exact) mass is 500 g/mol. The van der Waals surface area contributed by atoms with E-state index >= 15 is 0 Å². The van der Waals surface area contributed by atoms with Gasteiger partial charge in [0, 0.05) is 5.69 Å². The van der Waals surface area contributed by atoms with Crippen molar-refractivity contribution in [3.63, 3.8) is 0 Å². The first kappa shape index (κ1) is 27.1. The highest BCUT2D eigenvalue weighted by Crippen LogP contribution is 2.29. The maximum absolute atomic E-state index is 13.4. The van der Waals surface area contributed by atoms with Gasteiger partial charge in [0.2, 0.25) is 0 Å². The van der Waals surface area contributed by atoms with E-state index in [9.17, 15) is 30.0 Å². The number of carboxylic acid groups (broad SMARTS) is 1. The van der Waals surface area contributed by atoms with Gasteiger partial charge in [0.15, 0.2) is 23.7 Å². The van der Waals surface area contributed by atoms with Crippen LogP contribution in [0, 0.1) is 20.4 Å². The molecule has 1 amide bonds. The molecule has 5 N–H and O–H groups in total. The fourth-order valence-electron chi connectivity index (χ4n) is 3.54. The van der Waals surface area contributed by atoms with Gasteiger partial charge in [-0.1, -0.05) is 23.8 Å². The van der Waals surface area contributed by atoms with Crippen molar-refractivity contribution in [1.29, 1.82) is 0 Å². The van der Waals surface area contributed by atoms with Crippen LogP contribution in [0.15, 0.2) is 42.5 Å². The number of ether oxygens (including phenoxy) is 3. The Labute approximate surface area is 207 Å². The molecule has 1 aliphatic heterocycles. The van der Waals surface area contributed by atoms with Crippen LogP contribution < -0.4 is 10.1 Å². The number of carbonyl (C=O) groups excluding carboxylic acids is 1. The molecule has 5 unspecified atom stereocenters. The van der Waals surface area contributed by atoms with Crippen molar-refractivity contribution in [1.82, 2.24) is 0 Å². The number of nitrogens with zero attached hydrogens (tertiary/aromatic N) is 1. The number of aliphatic hydroxyl groups excluding tert-OH is 3. The van der Waals surface area contributed by atoms with Crippen molar-refractivity contribution in [3.05, 3.63) is 65.0 Å². The van der Waals surface area contributed by atoms with Crippen molar-refractivity contribution >= 4 is 23.3 Å². The zero-order chi connectivity index (χ0) is 26.6. The molecule has 0 spiro atoms. The fraction of sp³-hybridized carbons (Fsp3) is 0.400. The maximum Gasteiger partial charge on any atom is 0.335 e. The van der Waals surface area contributed by atoms with Crippen LogP contribution in [0.4, 0.5) is 11.4 Å². The number of aryl methyl sites for hydroxylation is 2. The van der Waals surface area contributed by atoms with Gasteiger partial charge in [-0.2, -0.15) is 0 Å². The van der Waals surface area contributed by atoms with Crippen LogP contribution in [0.1, 0.15) is 18.1 Å². The highest BCUT2D eigenvalue weighted by Gasteiger charge is 2.51. The molecular formula is C25H28N2O9. The Morgan fingerprint density at radius 1 is 1.08 bits per heavy atom. The summed E-state index contributed by atoms with van der Waals surface area (Å²) in [5.41, 5.74) is 0.533. The number of benzene rings is 2. The van der Waals surface area contributed by atoms with E-state index in [-0.39, 0.29) is 6.61 Å². The molecule has 11 heteroatoms. The summed E-state index contributed by atoms with van der Waals surface area (Å²) in [5.74, 6) is -1.89. The van der Waals surface area contributed by atoms with E-state index in [4.69, 9.17) is 20.8 Å². The van der Waals surface area contributed by atoms with Gasteiger partial charge in [0.1, 0.15) is 30.7 Å². The van der Waals surface area contributed by atoms with Crippen molar-refractivity contribution in [2.24, 2.45) is 0 Å². The maximum atomic E-state index is 13.4. The summed E-state index contributed by atoms with van der Waals surface area (Å²) in [5, 5.41) is 42.5. The Hall–Kier alpha value is -3.53. The van der Waals surface area contributed by atoms with Gasteiger partial charge >= 0.3 is 5.97 Å². The first-order chi connectivity index (χ1) is 16.9. The highest BCUT2D eigenvalue weighted by atomic mass is 16.7. The SMILES string of the molecule is [C-]#[N+]c1ccc(NC(=O)[C@](C)(COc2ccc(C)cc2)OC2OC(C(=O)O)C(O)C(O)C2O)cc1C. The lowest BCUT2D eigenvalue weighted by Crippen LogP contribution is -2.63. The fourth-order valence-corrected chi connectivity index (χ4v) is 3.54. The van der Waals surface area contributed by atoms with Crippen LogP contribution in [-0.2, 0) is 19.1 Å². The van der Waals surface area contributed by atoms with Gasteiger partial charge in [-0.25, -0.2) is 9.64 Å². The predicted octanol–water partition coefficient (Wildman–Crippen LogP) is 1.54. The average Bonchev–Trinajstić information content (AvgIpc) is 2.84. The second kappa shape index (κ2) is 11.0. The molecular weight excluding hydrogens is 472 g/mol. The molecule has 0 aromatic heterocycles. The lowest BCUT2D eigenvalue weighted by atomic mass is 9.98. The van der Waals surface area contributed by atoms with Gasteiger partial charge in [0.25, 0.3) is 5.91 Å².